The van der Waals surface area contributed by atoms with Crippen molar-refractivity contribution >= 4 is 23.3 Å². The molecule has 4 heteroatoms. The Kier molecular flexibility index (Phi) is 5.76. The zero-order chi connectivity index (χ0) is 22.2. The first-order valence-corrected chi connectivity index (χ1v) is 11.4. The van der Waals surface area contributed by atoms with Crippen LogP contribution in [0.15, 0.2) is 76.3 Å². The van der Waals surface area contributed by atoms with Crippen LogP contribution >= 0.6 is 11.8 Å². The predicted molar refractivity (Wildman–Crippen MR) is 129 cm³/mol. The summed E-state index contributed by atoms with van der Waals surface area (Å²) < 4.78 is 5.32. The summed E-state index contributed by atoms with van der Waals surface area (Å²) in [7, 11) is 1.69. The first-order valence-electron chi connectivity index (χ1n) is 10.6. The van der Waals surface area contributed by atoms with Crippen LogP contribution in [0.3, 0.4) is 0 Å². The summed E-state index contributed by atoms with van der Waals surface area (Å²) in [6.45, 7) is 6.28. The summed E-state index contributed by atoms with van der Waals surface area (Å²) in [5.74, 6) is 0.688. The van der Waals surface area contributed by atoms with Crippen molar-refractivity contribution in [3.05, 3.63) is 88.1 Å². The van der Waals surface area contributed by atoms with Crippen LogP contribution in [-0.4, -0.2) is 18.6 Å². The third kappa shape index (κ3) is 3.92. The number of carbonyl (C=O) groups excluding carboxylic acids is 1. The lowest BCUT2D eigenvalue weighted by molar-refractivity contribution is 0.106. The van der Waals surface area contributed by atoms with Crippen molar-refractivity contribution in [3.63, 3.8) is 0 Å². The van der Waals surface area contributed by atoms with Crippen LogP contribution in [0.1, 0.15) is 55.1 Å². The number of nitrogens with one attached hydrogen (secondary N) is 1. The van der Waals surface area contributed by atoms with E-state index in [2.05, 4.69) is 44.2 Å². The van der Waals surface area contributed by atoms with E-state index >= 15 is 0 Å². The standard InChI is InChI=1S/C27H27NO2S/c1-5-25(28)26(29)17-9-13-21-22-14-12-20(16-24(22)27(2,3)23(21)15-17)31-19-8-6-7-18(30-4)10-11-19/h6-7,9-16,28H,5,8H2,1-4H3. The molecule has 3 nitrogen and oxygen atoms in total. The third-order valence-corrected chi connectivity index (χ3v) is 7.11. The topological polar surface area (TPSA) is 50.2 Å². The van der Waals surface area contributed by atoms with Crippen LogP contribution in [0.4, 0.5) is 0 Å². The van der Waals surface area contributed by atoms with Gasteiger partial charge in [-0.25, -0.2) is 0 Å². The van der Waals surface area contributed by atoms with Gasteiger partial charge in [-0.2, -0.15) is 0 Å². The van der Waals surface area contributed by atoms with E-state index in [0.29, 0.717) is 12.0 Å². The molecule has 0 unspecified atom stereocenters. The summed E-state index contributed by atoms with van der Waals surface area (Å²) in [5.41, 5.74) is 5.41. The van der Waals surface area contributed by atoms with Gasteiger partial charge in [-0.05, 0) is 76.4 Å². The van der Waals surface area contributed by atoms with E-state index < -0.39 is 0 Å². The Hall–Kier alpha value is -2.85. The van der Waals surface area contributed by atoms with Crippen LogP contribution in [0, 0.1) is 5.41 Å². The van der Waals surface area contributed by atoms with Crippen LogP contribution in [0.25, 0.3) is 11.1 Å². The van der Waals surface area contributed by atoms with Crippen molar-refractivity contribution < 1.29 is 9.53 Å². The number of benzene rings is 2. The molecule has 0 saturated carbocycles. The van der Waals surface area contributed by atoms with Crippen molar-refractivity contribution in [1.29, 1.82) is 5.41 Å². The molecule has 0 fully saturated rings. The number of carbonyl (C=O) groups is 1. The highest BCUT2D eigenvalue weighted by molar-refractivity contribution is 8.03. The lowest BCUT2D eigenvalue weighted by Crippen LogP contribution is -2.17. The largest absolute Gasteiger partial charge is 0.497 e. The van der Waals surface area contributed by atoms with Crippen molar-refractivity contribution in [1.82, 2.24) is 0 Å². The van der Waals surface area contributed by atoms with Crippen LogP contribution in [0.2, 0.25) is 0 Å². The van der Waals surface area contributed by atoms with Crippen molar-refractivity contribution in [2.75, 3.05) is 7.11 Å². The highest BCUT2D eigenvalue weighted by atomic mass is 32.2. The van der Waals surface area contributed by atoms with E-state index in [1.54, 1.807) is 18.9 Å². The second-order valence-corrected chi connectivity index (χ2v) is 9.57. The number of allylic oxidation sites excluding steroid dienone is 5. The Morgan fingerprint density at radius 2 is 1.81 bits per heavy atom. The van der Waals surface area contributed by atoms with Gasteiger partial charge in [0.15, 0.2) is 0 Å². The van der Waals surface area contributed by atoms with E-state index in [1.165, 1.54) is 26.5 Å². The first-order chi connectivity index (χ1) is 14.8. The molecule has 0 heterocycles. The number of fused-ring (bicyclic) bond motifs is 3. The summed E-state index contributed by atoms with van der Waals surface area (Å²) in [5, 5.41) is 7.92. The Morgan fingerprint density at radius 1 is 1.10 bits per heavy atom. The summed E-state index contributed by atoms with van der Waals surface area (Å²) >= 11 is 1.78. The molecule has 4 rings (SSSR count). The summed E-state index contributed by atoms with van der Waals surface area (Å²) in [6.07, 6.45) is 9.59. The minimum absolute atomic E-state index is 0.156. The molecule has 2 aliphatic rings. The number of thioether (sulfide) groups is 1. The first kappa shape index (κ1) is 21.4. The van der Waals surface area contributed by atoms with Gasteiger partial charge in [-0.15, -0.1) is 0 Å². The van der Waals surface area contributed by atoms with Gasteiger partial charge in [0, 0.05) is 15.9 Å². The van der Waals surface area contributed by atoms with Crippen LogP contribution < -0.4 is 0 Å². The number of hydrogen-bond acceptors (Lipinski definition) is 4. The Labute approximate surface area is 188 Å². The molecule has 0 atom stereocenters. The van der Waals surface area contributed by atoms with Gasteiger partial charge in [0.25, 0.3) is 0 Å². The fourth-order valence-corrected chi connectivity index (χ4v) is 5.14. The third-order valence-electron chi connectivity index (χ3n) is 6.06. The molecule has 0 spiro atoms. The maximum absolute atomic E-state index is 12.6. The number of ether oxygens (including phenoxy) is 1. The number of rotatable bonds is 6. The van der Waals surface area contributed by atoms with E-state index in [0.717, 1.165) is 17.7 Å². The van der Waals surface area contributed by atoms with Gasteiger partial charge in [0.2, 0.25) is 5.78 Å². The normalized spacial score (nSPS) is 16.0. The van der Waals surface area contributed by atoms with Gasteiger partial charge in [0.1, 0.15) is 5.76 Å². The molecule has 158 valence electrons. The van der Waals surface area contributed by atoms with Gasteiger partial charge in [-0.3, -0.25) is 4.79 Å². The lowest BCUT2D eigenvalue weighted by atomic mass is 9.81. The Bertz CT molecular complexity index is 1170. The SMILES string of the molecule is CCC(=N)C(=O)c1ccc2c(c1)C(C)(C)c1cc(SC3=CC=C(OC)C=CC3)ccc1-2. The smallest absolute Gasteiger partial charge is 0.206 e. The fourth-order valence-electron chi connectivity index (χ4n) is 4.21. The molecular weight excluding hydrogens is 402 g/mol. The minimum atomic E-state index is -0.202. The second-order valence-electron chi connectivity index (χ2n) is 8.37. The average Bonchev–Trinajstić information content (AvgIpc) is 2.92. The fraction of sp³-hybridized carbons (Fsp3) is 0.259. The highest BCUT2D eigenvalue weighted by Gasteiger charge is 2.36. The zero-order valence-electron chi connectivity index (χ0n) is 18.4. The highest BCUT2D eigenvalue weighted by Crippen LogP contribution is 2.50. The van der Waals surface area contributed by atoms with Crippen molar-refractivity contribution in [2.45, 2.75) is 43.9 Å². The molecule has 2 aromatic rings. The zero-order valence-corrected chi connectivity index (χ0v) is 19.2. The van der Waals surface area contributed by atoms with E-state index in [1.807, 2.05) is 37.3 Å². The Morgan fingerprint density at radius 3 is 2.52 bits per heavy atom. The summed E-state index contributed by atoms with van der Waals surface area (Å²) in [6, 6.07) is 12.6. The molecular formula is C27H27NO2S. The van der Waals surface area contributed by atoms with Crippen LogP contribution in [-0.2, 0) is 10.2 Å². The van der Waals surface area contributed by atoms with E-state index in [4.69, 9.17) is 10.1 Å². The van der Waals surface area contributed by atoms with Crippen molar-refractivity contribution in [2.24, 2.45) is 0 Å². The number of ketones is 1. The maximum atomic E-state index is 12.6. The van der Waals surface area contributed by atoms with Gasteiger partial charge in [0.05, 0.1) is 12.8 Å². The molecule has 2 aliphatic carbocycles. The maximum Gasteiger partial charge on any atom is 0.206 e. The number of methoxy groups -OCH3 is 1. The molecule has 0 radical (unpaired) electrons. The molecule has 0 amide bonds. The van der Waals surface area contributed by atoms with Gasteiger partial charge < -0.3 is 10.1 Å². The monoisotopic (exact) mass is 429 g/mol. The number of Topliss-reactive ketones (excluding diaryl/α,β-unsaturated/α-hetero) is 1. The predicted octanol–water partition coefficient (Wildman–Crippen LogP) is 7.07. The quantitative estimate of drug-likeness (QED) is 0.394. The van der Waals surface area contributed by atoms with Crippen LogP contribution in [0.5, 0.6) is 0 Å². The number of hydrogen-bond donors (Lipinski definition) is 1. The molecule has 0 saturated heterocycles. The van der Waals surface area contributed by atoms with Gasteiger partial charge >= 0.3 is 0 Å². The van der Waals surface area contributed by atoms with E-state index in [-0.39, 0.29) is 16.9 Å². The Balaban J connectivity index is 1.67. The second kappa shape index (κ2) is 8.35. The van der Waals surface area contributed by atoms with E-state index in [9.17, 15) is 4.79 Å². The average molecular weight is 430 g/mol. The van der Waals surface area contributed by atoms with Gasteiger partial charge in [-0.1, -0.05) is 56.8 Å². The molecule has 31 heavy (non-hydrogen) atoms. The summed E-state index contributed by atoms with van der Waals surface area (Å²) in [4.78, 5) is 15.0. The minimum Gasteiger partial charge on any atom is -0.497 e. The molecule has 1 N–H and O–H groups in total. The molecule has 0 aromatic heterocycles. The molecule has 0 aliphatic heterocycles. The molecule has 0 bridgehead atoms. The molecule has 2 aromatic carbocycles. The lowest BCUT2D eigenvalue weighted by Gasteiger charge is -2.22. The van der Waals surface area contributed by atoms with Crippen molar-refractivity contribution in [3.8, 4) is 11.1 Å².